The fourth-order valence-corrected chi connectivity index (χ4v) is 3.85. The summed E-state index contributed by atoms with van der Waals surface area (Å²) in [4.78, 5) is 0. The molecule has 172 valence electrons. The van der Waals surface area contributed by atoms with Gasteiger partial charge in [0.2, 0.25) is 5.88 Å². The van der Waals surface area contributed by atoms with Crippen molar-refractivity contribution in [1.29, 1.82) is 0 Å². The number of benzene rings is 1. The third kappa shape index (κ3) is 4.63. The molecule has 0 saturated carbocycles. The first-order valence-corrected chi connectivity index (χ1v) is 10.5. The molecule has 1 aromatic heterocycles. The Morgan fingerprint density at radius 1 is 1.29 bits per heavy atom. The molecule has 2 aromatic rings. The molecular weight excluding hydrogens is 479 g/mol. The number of rotatable bonds is 6. The maximum atomic E-state index is 14.5. The molecule has 0 bridgehead atoms. The van der Waals surface area contributed by atoms with Crippen LogP contribution in [0, 0.1) is 12.7 Å². The SMILES string of the molecule is Cc1c(Cc2ccc(Br)cc2F)c(O[C@@]2(O)O[C@H](CO)[C@@H](O)[C@H](O)[C@H]2O)nn1C(C)C. The monoisotopic (exact) mass is 504 g/mol. The van der Waals surface area contributed by atoms with Crippen LogP contribution < -0.4 is 4.74 Å². The Hall–Kier alpha value is -1.60. The fraction of sp³-hybridized carbons (Fsp3) is 0.550. The van der Waals surface area contributed by atoms with Crippen LogP contribution in [-0.2, 0) is 11.2 Å². The normalized spacial score (nSPS) is 28.9. The van der Waals surface area contributed by atoms with E-state index < -0.39 is 42.8 Å². The van der Waals surface area contributed by atoms with Crippen LogP contribution in [0.3, 0.4) is 0 Å². The van der Waals surface area contributed by atoms with Crippen molar-refractivity contribution >= 4 is 15.9 Å². The molecule has 2 heterocycles. The highest BCUT2D eigenvalue weighted by Gasteiger charge is 2.55. The minimum absolute atomic E-state index is 0.0633. The van der Waals surface area contributed by atoms with Crippen LogP contribution in [0.4, 0.5) is 4.39 Å². The fourth-order valence-electron chi connectivity index (χ4n) is 3.52. The number of nitrogens with zero attached hydrogens (tertiary/aromatic N) is 2. The molecule has 1 saturated heterocycles. The Labute approximate surface area is 186 Å². The van der Waals surface area contributed by atoms with Gasteiger partial charge in [0.1, 0.15) is 24.1 Å². The van der Waals surface area contributed by atoms with Crippen molar-refractivity contribution in [3.8, 4) is 5.88 Å². The summed E-state index contributed by atoms with van der Waals surface area (Å²) in [5.74, 6) is -3.40. The lowest BCUT2D eigenvalue weighted by Gasteiger charge is -2.43. The molecule has 0 amide bonds. The van der Waals surface area contributed by atoms with Crippen molar-refractivity contribution in [2.45, 2.75) is 63.6 Å². The number of hydrogen-bond donors (Lipinski definition) is 5. The van der Waals surface area contributed by atoms with E-state index in [0.717, 1.165) is 0 Å². The standard InChI is InChI=1S/C20H26BrFN2O7/c1-9(2)24-10(3)13(6-11-4-5-12(21)7-14(11)22)19(23-24)31-20(29)18(28)17(27)16(26)15(8-25)30-20/h4-5,7,9,15-18,25-29H,6,8H2,1-3H3/t15-,16-,17+,18-,20+/m1/s1. The van der Waals surface area contributed by atoms with Crippen LogP contribution in [0.15, 0.2) is 22.7 Å². The highest BCUT2D eigenvalue weighted by molar-refractivity contribution is 9.10. The average Bonchev–Trinajstić information content (AvgIpc) is 3.01. The molecule has 9 nitrogen and oxygen atoms in total. The Morgan fingerprint density at radius 3 is 2.55 bits per heavy atom. The lowest BCUT2D eigenvalue weighted by molar-refractivity contribution is -0.423. The number of aliphatic hydroxyl groups excluding tert-OH is 4. The Morgan fingerprint density at radius 2 is 1.97 bits per heavy atom. The van der Waals surface area contributed by atoms with E-state index in [0.29, 0.717) is 21.3 Å². The van der Waals surface area contributed by atoms with Crippen LogP contribution in [0.25, 0.3) is 0 Å². The van der Waals surface area contributed by atoms with E-state index in [1.54, 1.807) is 23.7 Å². The minimum atomic E-state index is -2.80. The van der Waals surface area contributed by atoms with Gasteiger partial charge in [-0.1, -0.05) is 22.0 Å². The van der Waals surface area contributed by atoms with Crippen molar-refractivity contribution in [2.24, 2.45) is 0 Å². The van der Waals surface area contributed by atoms with Gasteiger partial charge in [-0.3, -0.25) is 4.68 Å². The largest absolute Gasteiger partial charge is 0.417 e. The van der Waals surface area contributed by atoms with E-state index in [1.807, 2.05) is 13.8 Å². The van der Waals surface area contributed by atoms with Crippen molar-refractivity contribution in [1.82, 2.24) is 9.78 Å². The molecule has 3 rings (SSSR count). The zero-order chi connectivity index (χ0) is 23.1. The molecule has 5 N–H and O–H groups in total. The predicted octanol–water partition coefficient (Wildman–Crippen LogP) is 0.764. The molecule has 0 unspecified atom stereocenters. The van der Waals surface area contributed by atoms with Crippen LogP contribution in [0.5, 0.6) is 5.88 Å². The third-order valence-corrected chi connectivity index (χ3v) is 5.77. The zero-order valence-electron chi connectivity index (χ0n) is 17.2. The number of halogens is 2. The topological polar surface area (TPSA) is 137 Å². The molecule has 1 aliphatic heterocycles. The first-order chi connectivity index (χ1) is 14.5. The van der Waals surface area contributed by atoms with Crippen molar-refractivity contribution in [2.75, 3.05) is 6.61 Å². The van der Waals surface area contributed by atoms with Gasteiger partial charge < -0.3 is 35.0 Å². The number of ether oxygens (including phenoxy) is 2. The van der Waals surface area contributed by atoms with Crippen LogP contribution in [-0.4, -0.2) is 72.3 Å². The van der Waals surface area contributed by atoms with E-state index in [1.165, 1.54) is 6.07 Å². The van der Waals surface area contributed by atoms with Gasteiger partial charge in [0.05, 0.1) is 6.61 Å². The van der Waals surface area contributed by atoms with Crippen LogP contribution in [0.2, 0.25) is 0 Å². The van der Waals surface area contributed by atoms with Gasteiger partial charge in [-0.15, -0.1) is 5.10 Å². The summed E-state index contributed by atoms with van der Waals surface area (Å²) >= 11 is 3.21. The first kappa shape index (κ1) is 24.1. The van der Waals surface area contributed by atoms with Crippen molar-refractivity contribution in [3.05, 3.63) is 45.3 Å². The summed E-state index contributed by atoms with van der Waals surface area (Å²) in [6, 6.07) is 4.50. The van der Waals surface area contributed by atoms with Gasteiger partial charge in [0.25, 0.3) is 0 Å². The molecule has 1 fully saturated rings. The smallest absolute Gasteiger partial charge is 0.356 e. The van der Waals surface area contributed by atoms with E-state index in [2.05, 4.69) is 21.0 Å². The van der Waals surface area contributed by atoms with Crippen LogP contribution in [0.1, 0.15) is 36.7 Å². The minimum Gasteiger partial charge on any atom is -0.417 e. The molecule has 5 atom stereocenters. The summed E-state index contributed by atoms with van der Waals surface area (Å²) < 4.78 is 27.3. The molecule has 0 spiro atoms. The van der Waals surface area contributed by atoms with E-state index in [9.17, 15) is 29.9 Å². The lowest BCUT2D eigenvalue weighted by atomic mass is 9.98. The van der Waals surface area contributed by atoms with Crippen molar-refractivity contribution in [3.63, 3.8) is 0 Å². The quantitative estimate of drug-likeness (QED) is 0.363. The van der Waals surface area contributed by atoms with Gasteiger partial charge in [-0.2, -0.15) is 0 Å². The van der Waals surface area contributed by atoms with Gasteiger partial charge in [0, 0.05) is 28.2 Å². The second kappa shape index (κ2) is 9.10. The molecule has 11 heteroatoms. The summed E-state index contributed by atoms with van der Waals surface area (Å²) in [7, 11) is 0. The molecule has 1 aromatic carbocycles. The predicted molar refractivity (Wildman–Crippen MR) is 110 cm³/mol. The molecule has 1 aliphatic rings. The molecule has 0 aliphatic carbocycles. The van der Waals surface area contributed by atoms with Gasteiger partial charge in [-0.05, 0) is 38.5 Å². The number of aliphatic hydroxyl groups is 5. The average molecular weight is 505 g/mol. The molecule has 31 heavy (non-hydrogen) atoms. The summed E-state index contributed by atoms with van der Waals surface area (Å²) in [6.45, 7) is 4.75. The highest BCUT2D eigenvalue weighted by atomic mass is 79.9. The van der Waals surface area contributed by atoms with E-state index in [-0.39, 0.29) is 18.3 Å². The molecule has 0 radical (unpaired) electrons. The number of hydrogen-bond acceptors (Lipinski definition) is 8. The third-order valence-electron chi connectivity index (χ3n) is 5.28. The van der Waals surface area contributed by atoms with E-state index in [4.69, 9.17) is 9.47 Å². The summed E-state index contributed by atoms with van der Waals surface area (Å²) in [6.07, 6.45) is -6.91. The zero-order valence-corrected chi connectivity index (χ0v) is 18.8. The Kier molecular flexibility index (Phi) is 7.06. The van der Waals surface area contributed by atoms with Crippen molar-refractivity contribution < 1.29 is 39.4 Å². The Bertz CT molecular complexity index is 938. The molecular formula is C20H26BrFN2O7. The lowest BCUT2D eigenvalue weighted by Crippen LogP contribution is -2.67. The highest BCUT2D eigenvalue weighted by Crippen LogP contribution is 2.35. The maximum Gasteiger partial charge on any atom is 0.356 e. The van der Waals surface area contributed by atoms with Gasteiger partial charge >= 0.3 is 5.97 Å². The van der Waals surface area contributed by atoms with Gasteiger partial charge in [0.15, 0.2) is 6.10 Å². The second-order valence-electron chi connectivity index (χ2n) is 7.82. The number of aromatic nitrogens is 2. The van der Waals surface area contributed by atoms with Crippen LogP contribution >= 0.6 is 15.9 Å². The van der Waals surface area contributed by atoms with E-state index >= 15 is 0 Å². The van der Waals surface area contributed by atoms with Gasteiger partial charge in [-0.25, -0.2) is 4.39 Å². The Balaban J connectivity index is 2.01. The second-order valence-corrected chi connectivity index (χ2v) is 8.73. The summed E-state index contributed by atoms with van der Waals surface area (Å²) in [5.41, 5.74) is 1.42. The first-order valence-electron chi connectivity index (χ1n) is 9.74. The summed E-state index contributed by atoms with van der Waals surface area (Å²) in [5, 5.41) is 54.8. The maximum absolute atomic E-state index is 14.5.